The lowest BCUT2D eigenvalue weighted by Gasteiger charge is -2.10. The van der Waals surface area contributed by atoms with Crippen LogP contribution in [0.15, 0.2) is 64.5 Å². The molecule has 5 nitrogen and oxygen atoms in total. The maximum Gasteiger partial charge on any atom is 0.265 e. The molecular formula is C19H15BrN2O3S. The van der Waals surface area contributed by atoms with E-state index < -0.39 is 0 Å². The van der Waals surface area contributed by atoms with Gasteiger partial charge in [0.15, 0.2) is 0 Å². The van der Waals surface area contributed by atoms with Gasteiger partial charge < -0.3 is 15.4 Å². The lowest BCUT2D eigenvalue weighted by atomic mass is 10.2. The van der Waals surface area contributed by atoms with E-state index in [1.165, 1.54) is 11.3 Å². The first kappa shape index (κ1) is 18.2. The number of rotatable bonds is 5. The molecule has 0 fully saturated rings. The Bertz CT molecular complexity index is 938. The van der Waals surface area contributed by atoms with Crippen molar-refractivity contribution in [2.45, 2.75) is 0 Å². The molecule has 26 heavy (non-hydrogen) atoms. The lowest BCUT2D eigenvalue weighted by molar-refractivity contribution is 0.102. The van der Waals surface area contributed by atoms with Gasteiger partial charge in [-0.1, -0.05) is 12.1 Å². The van der Waals surface area contributed by atoms with Gasteiger partial charge in [0.25, 0.3) is 11.8 Å². The molecule has 3 rings (SSSR count). The average Bonchev–Trinajstić information content (AvgIpc) is 3.09. The van der Waals surface area contributed by atoms with E-state index in [-0.39, 0.29) is 11.8 Å². The molecule has 0 saturated heterocycles. The monoisotopic (exact) mass is 430 g/mol. The van der Waals surface area contributed by atoms with Crippen LogP contribution >= 0.6 is 27.3 Å². The van der Waals surface area contributed by atoms with Gasteiger partial charge in [-0.15, -0.1) is 11.3 Å². The molecule has 0 radical (unpaired) electrons. The van der Waals surface area contributed by atoms with Crippen LogP contribution in [0.25, 0.3) is 0 Å². The number of para-hydroxylation sites is 2. The fourth-order valence-corrected chi connectivity index (χ4v) is 3.56. The summed E-state index contributed by atoms with van der Waals surface area (Å²) in [5.41, 5.74) is 1.70. The highest BCUT2D eigenvalue weighted by molar-refractivity contribution is 9.11. The first-order chi connectivity index (χ1) is 12.6. The lowest BCUT2D eigenvalue weighted by Crippen LogP contribution is -2.13. The quantitative estimate of drug-likeness (QED) is 0.596. The zero-order valence-electron chi connectivity index (χ0n) is 13.8. The third kappa shape index (κ3) is 4.30. The van der Waals surface area contributed by atoms with Gasteiger partial charge >= 0.3 is 0 Å². The molecule has 2 aromatic carbocycles. The number of carbonyl (C=O) groups is 2. The third-order valence-electron chi connectivity index (χ3n) is 3.56. The maximum absolute atomic E-state index is 12.4. The molecule has 2 amide bonds. The number of carbonyl (C=O) groups excluding carboxylic acids is 2. The number of anilines is 2. The Hall–Kier alpha value is -2.64. The second kappa shape index (κ2) is 8.16. The summed E-state index contributed by atoms with van der Waals surface area (Å²) in [7, 11) is 1.55. The Morgan fingerprint density at radius 2 is 1.65 bits per heavy atom. The van der Waals surface area contributed by atoms with E-state index in [1.807, 2.05) is 18.2 Å². The van der Waals surface area contributed by atoms with Crippen LogP contribution < -0.4 is 15.4 Å². The summed E-state index contributed by atoms with van der Waals surface area (Å²) in [5, 5.41) is 5.62. The molecule has 0 atom stereocenters. The Labute approximate surface area is 163 Å². The second-order valence-corrected chi connectivity index (χ2v) is 7.75. The predicted octanol–water partition coefficient (Wildman–Crippen LogP) is 5.02. The zero-order chi connectivity index (χ0) is 18.5. The van der Waals surface area contributed by atoms with Gasteiger partial charge in [0, 0.05) is 11.3 Å². The van der Waals surface area contributed by atoms with Crippen molar-refractivity contribution < 1.29 is 14.3 Å². The van der Waals surface area contributed by atoms with Gasteiger partial charge in [0.1, 0.15) is 5.75 Å². The van der Waals surface area contributed by atoms with Gasteiger partial charge in [-0.3, -0.25) is 9.59 Å². The van der Waals surface area contributed by atoms with Gasteiger partial charge in [-0.25, -0.2) is 0 Å². The summed E-state index contributed by atoms with van der Waals surface area (Å²) >= 11 is 4.69. The van der Waals surface area contributed by atoms with Crippen molar-refractivity contribution in [1.82, 2.24) is 0 Å². The normalized spacial score (nSPS) is 10.2. The number of halogens is 1. The van der Waals surface area contributed by atoms with Crippen LogP contribution in [0.4, 0.5) is 11.4 Å². The number of ether oxygens (including phenoxy) is 1. The average molecular weight is 431 g/mol. The van der Waals surface area contributed by atoms with E-state index in [2.05, 4.69) is 26.6 Å². The number of nitrogens with one attached hydrogen (secondary N) is 2. The topological polar surface area (TPSA) is 67.4 Å². The highest BCUT2D eigenvalue weighted by Gasteiger charge is 2.11. The fourth-order valence-electron chi connectivity index (χ4n) is 2.28. The molecule has 1 heterocycles. The largest absolute Gasteiger partial charge is 0.495 e. The first-order valence-electron chi connectivity index (χ1n) is 7.68. The number of methoxy groups -OCH3 is 1. The zero-order valence-corrected chi connectivity index (χ0v) is 16.2. The first-order valence-corrected chi connectivity index (χ1v) is 9.29. The summed E-state index contributed by atoms with van der Waals surface area (Å²) in [5.74, 6) is 0.147. The summed E-state index contributed by atoms with van der Waals surface area (Å²) in [6, 6.07) is 17.5. The molecule has 0 spiro atoms. The van der Waals surface area contributed by atoms with E-state index in [0.717, 1.165) is 3.79 Å². The summed E-state index contributed by atoms with van der Waals surface area (Å²) in [6.07, 6.45) is 0. The molecule has 3 aromatic rings. The molecule has 0 saturated carbocycles. The van der Waals surface area contributed by atoms with Crippen LogP contribution in [0.5, 0.6) is 5.75 Å². The van der Waals surface area contributed by atoms with Crippen LogP contribution in [0.1, 0.15) is 20.0 Å². The van der Waals surface area contributed by atoms with Crippen molar-refractivity contribution >= 4 is 50.5 Å². The van der Waals surface area contributed by atoms with Gasteiger partial charge in [-0.05, 0) is 64.5 Å². The summed E-state index contributed by atoms with van der Waals surface area (Å²) in [6.45, 7) is 0. The van der Waals surface area contributed by atoms with Gasteiger partial charge in [0.05, 0.1) is 21.5 Å². The van der Waals surface area contributed by atoms with E-state index >= 15 is 0 Å². The second-order valence-electron chi connectivity index (χ2n) is 5.29. The SMILES string of the molecule is COc1ccccc1NC(=O)c1ccc(NC(=O)c2ccc(Br)s2)cc1. The van der Waals surface area contributed by atoms with E-state index in [9.17, 15) is 9.59 Å². The van der Waals surface area contributed by atoms with Crippen LogP contribution in [0, 0.1) is 0 Å². The molecule has 0 aliphatic rings. The summed E-state index contributed by atoms with van der Waals surface area (Å²) in [4.78, 5) is 25.1. The third-order valence-corrected chi connectivity index (χ3v) is 5.18. The van der Waals surface area contributed by atoms with E-state index in [0.29, 0.717) is 27.6 Å². The van der Waals surface area contributed by atoms with Crippen LogP contribution in [0.3, 0.4) is 0 Å². The van der Waals surface area contributed by atoms with Gasteiger partial charge in [0.2, 0.25) is 0 Å². The van der Waals surface area contributed by atoms with Crippen molar-refractivity contribution in [2.75, 3.05) is 17.7 Å². The minimum atomic E-state index is -0.255. The minimum absolute atomic E-state index is 0.188. The minimum Gasteiger partial charge on any atom is -0.495 e. The van der Waals surface area contributed by atoms with Gasteiger partial charge in [-0.2, -0.15) is 0 Å². The predicted molar refractivity (Wildman–Crippen MR) is 107 cm³/mol. The Morgan fingerprint density at radius 1 is 0.923 bits per heavy atom. The molecule has 7 heteroatoms. The van der Waals surface area contributed by atoms with E-state index in [4.69, 9.17) is 4.74 Å². The molecule has 0 aliphatic carbocycles. The smallest absolute Gasteiger partial charge is 0.265 e. The number of hydrogen-bond acceptors (Lipinski definition) is 4. The van der Waals surface area contributed by atoms with Crippen molar-refractivity contribution in [3.05, 3.63) is 74.9 Å². The fraction of sp³-hybridized carbons (Fsp3) is 0.0526. The standard InChI is InChI=1S/C19H15BrN2O3S/c1-25-15-5-3-2-4-14(15)22-18(23)12-6-8-13(9-7-12)21-19(24)16-10-11-17(20)26-16/h2-11H,1H3,(H,21,24)(H,22,23). The van der Waals surface area contributed by atoms with Crippen molar-refractivity contribution in [2.24, 2.45) is 0 Å². The number of hydrogen-bond donors (Lipinski definition) is 2. The van der Waals surface area contributed by atoms with Crippen LogP contribution in [-0.2, 0) is 0 Å². The molecule has 1 aromatic heterocycles. The molecule has 2 N–H and O–H groups in total. The van der Waals surface area contributed by atoms with Crippen molar-refractivity contribution in [3.63, 3.8) is 0 Å². The molecule has 0 unspecified atom stereocenters. The molecular weight excluding hydrogens is 416 g/mol. The highest BCUT2D eigenvalue weighted by atomic mass is 79.9. The summed E-state index contributed by atoms with van der Waals surface area (Å²) < 4.78 is 6.12. The maximum atomic E-state index is 12.4. The molecule has 0 bridgehead atoms. The Morgan fingerprint density at radius 3 is 2.31 bits per heavy atom. The molecule has 0 aliphatic heterocycles. The van der Waals surface area contributed by atoms with Crippen molar-refractivity contribution in [1.29, 1.82) is 0 Å². The van der Waals surface area contributed by atoms with Crippen molar-refractivity contribution in [3.8, 4) is 5.75 Å². The van der Waals surface area contributed by atoms with Crippen LogP contribution in [-0.4, -0.2) is 18.9 Å². The molecule has 132 valence electrons. The number of benzene rings is 2. The van der Waals surface area contributed by atoms with Crippen LogP contribution in [0.2, 0.25) is 0 Å². The number of amides is 2. The Kier molecular flexibility index (Phi) is 5.70. The van der Waals surface area contributed by atoms with E-state index in [1.54, 1.807) is 49.6 Å². The highest BCUT2D eigenvalue weighted by Crippen LogP contribution is 2.25. The Balaban J connectivity index is 1.67. The number of thiophene rings is 1.